The first-order chi connectivity index (χ1) is 6.66. The van der Waals surface area contributed by atoms with Gasteiger partial charge in [0.05, 0.1) is 0 Å². The Kier molecular flexibility index (Phi) is 4.77. The Morgan fingerprint density at radius 1 is 1.33 bits per heavy atom. The predicted octanol–water partition coefficient (Wildman–Crippen LogP) is 1.11. The van der Waals surface area contributed by atoms with Gasteiger partial charge in [-0.15, -0.1) is 0 Å². The van der Waals surface area contributed by atoms with Gasteiger partial charge >= 0.3 is 0 Å². The van der Waals surface area contributed by atoms with Gasteiger partial charge < -0.3 is 5.32 Å². The summed E-state index contributed by atoms with van der Waals surface area (Å²) < 4.78 is 22.9. The van der Waals surface area contributed by atoms with Crippen molar-refractivity contribution in [3.8, 4) is 0 Å². The largest absolute Gasteiger partial charge is 0.350 e. The van der Waals surface area contributed by atoms with Gasteiger partial charge in [-0.1, -0.05) is 13.8 Å². The van der Waals surface area contributed by atoms with Crippen molar-refractivity contribution in [2.24, 2.45) is 0 Å². The van der Waals surface area contributed by atoms with Gasteiger partial charge in [0.1, 0.15) is 5.25 Å². The molecule has 0 saturated carbocycles. The fraction of sp³-hybridized carbons (Fsp3) is 0.900. The van der Waals surface area contributed by atoms with Crippen LogP contribution in [0.5, 0.6) is 0 Å². The number of sulfone groups is 1. The monoisotopic (exact) mass is 235 g/mol. The van der Waals surface area contributed by atoms with E-state index in [4.69, 9.17) is 0 Å². The van der Waals surface area contributed by atoms with Gasteiger partial charge in [0.25, 0.3) is 0 Å². The van der Waals surface area contributed by atoms with Gasteiger partial charge in [-0.05, 0) is 27.2 Å². The molecule has 0 aromatic rings. The van der Waals surface area contributed by atoms with Gasteiger partial charge in [-0.25, -0.2) is 8.42 Å². The summed E-state index contributed by atoms with van der Waals surface area (Å²) in [5.41, 5.74) is -0.353. The Hall–Kier alpha value is -0.580. The van der Waals surface area contributed by atoms with E-state index in [0.717, 1.165) is 6.42 Å². The second kappa shape index (κ2) is 4.96. The summed E-state index contributed by atoms with van der Waals surface area (Å²) in [7, 11) is -3.29. The third-order valence-corrected chi connectivity index (χ3v) is 4.75. The van der Waals surface area contributed by atoms with E-state index < -0.39 is 21.0 Å². The van der Waals surface area contributed by atoms with Crippen molar-refractivity contribution in [1.29, 1.82) is 0 Å². The van der Waals surface area contributed by atoms with E-state index in [-0.39, 0.29) is 11.3 Å². The molecule has 4 nitrogen and oxygen atoms in total. The molecule has 0 aliphatic rings. The Labute approximate surface area is 92.4 Å². The highest BCUT2D eigenvalue weighted by molar-refractivity contribution is 7.92. The van der Waals surface area contributed by atoms with Crippen molar-refractivity contribution < 1.29 is 13.2 Å². The fourth-order valence-electron chi connectivity index (χ4n) is 0.937. The molecule has 15 heavy (non-hydrogen) atoms. The SMILES string of the molecule is CCC(C)(C)NC(=O)C(C)S(=O)(=O)CC. The molecule has 1 atom stereocenters. The number of hydrogen-bond acceptors (Lipinski definition) is 3. The fourth-order valence-corrected chi connectivity index (χ4v) is 1.82. The summed E-state index contributed by atoms with van der Waals surface area (Å²) >= 11 is 0. The second-order valence-electron chi connectivity index (χ2n) is 4.32. The lowest BCUT2D eigenvalue weighted by Gasteiger charge is -2.26. The van der Waals surface area contributed by atoms with Crippen LogP contribution in [0.15, 0.2) is 0 Å². The maximum atomic E-state index is 11.6. The molecule has 0 aliphatic heterocycles. The maximum absolute atomic E-state index is 11.6. The van der Waals surface area contributed by atoms with Crippen molar-refractivity contribution in [3.05, 3.63) is 0 Å². The van der Waals surface area contributed by atoms with E-state index in [1.54, 1.807) is 6.92 Å². The molecule has 0 aliphatic carbocycles. The van der Waals surface area contributed by atoms with Crippen molar-refractivity contribution in [2.45, 2.75) is 51.8 Å². The van der Waals surface area contributed by atoms with E-state index in [2.05, 4.69) is 5.32 Å². The molecule has 5 heteroatoms. The molecule has 90 valence electrons. The molecule has 0 aromatic heterocycles. The molecule has 1 N–H and O–H groups in total. The molecule has 0 fully saturated rings. The zero-order valence-electron chi connectivity index (χ0n) is 10.1. The normalized spacial score (nSPS) is 14.7. The van der Waals surface area contributed by atoms with Crippen molar-refractivity contribution in [2.75, 3.05) is 5.75 Å². The highest BCUT2D eigenvalue weighted by atomic mass is 32.2. The third kappa shape index (κ3) is 4.20. The maximum Gasteiger partial charge on any atom is 0.238 e. The summed E-state index contributed by atoms with van der Waals surface area (Å²) in [5, 5.41) is 1.76. The summed E-state index contributed by atoms with van der Waals surface area (Å²) in [4.78, 5) is 11.6. The number of nitrogens with one attached hydrogen (secondary N) is 1. The quantitative estimate of drug-likeness (QED) is 0.776. The van der Waals surface area contributed by atoms with E-state index in [9.17, 15) is 13.2 Å². The Morgan fingerprint density at radius 3 is 2.13 bits per heavy atom. The van der Waals surface area contributed by atoms with Crippen LogP contribution in [0.3, 0.4) is 0 Å². The Balaban J connectivity index is 4.62. The molecule has 1 unspecified atom stereocenters. The number of hydrogen-bond donors (Lipinski definition) is 1. The zero-order valence-corrected chi connectivity index (χ0v) is 10.9. The van der Waals surface area contributed by atoms with Crippen LogP contribution in [0.1, 0.15) is 41.0 Å². The van der Waals surface area contributed by atoms with E-state index in [0.29, 0.717) is 0 Å². The van der Waals surface area contributed by atoms with E-state index >= 15 is 0 Å². The number of amides is 1. The van der Waals surface area contributed by atoms with Gasteiger partial charge in [0.2, 0.25) is 5.91 Å². The average Bonchev–Trinajstić information content (AvgIpc) is 2.16. The van der Waals surface area contributed by atoms with Gasteiger partial charge in [-0.3, -0.25) is 4.79 Å². The molecular weight excluding hydrogens is 214 g/mol. The minimum Gasteiger partial charge on any atom is -0.350 e. The Bertz CT molecular complexity index is 320. The van der Waals surface area contributed by atoms with E-state index in [1.807, 2.05) is 20.8 Å². The summed E-state index contributed by atoms with van der Waals surface area (Å²) in [6, 6.07) is 0. The first-order valence-corrected chi connectivity index (χ1v) is 6.91. The Morgan fingerprint density at radius 2 is 1.80 bits per heavy atom. The lowest BCUT2D eigenvalue weighted by atomic mass is 10.0. The molecule has 1 amide bonds. The first kappa shape index (κ1) is 14.4. The van der Waals surface area contributed by atoms with Crippen LogP contribution in [0.4, 0.5) is 0 Å². The van der Waals surface area contributed by atoms with Crippen LogP contribution >= 0.6 is 0 Å². The van der Waals surface area contributed by atoms with Crippen molar-refractivity contribution >= 4 is 15.7 Å². The topological polar surface area (TPSA) is 63.2 Å². The van der Waals surface area contributed by atoms with Crippen LogP contribution in [-0.2, 0) is 14.6 Å². The number of rotatable bonds is 5. The van der Waals surface area contributed by atoms with Crippen LogP contribution < -0.4 is 5.32 Å². The summed E-state index contributed by atoms with van der Waals surface area (Å²) in [6.45, 7) is 8.66. The van der Waals surface area contributed by atoms with Crippen molar-refractivity contribution in [3.63, 3.8) is 0 Å². The van der Waals surface area contributed by atoms with E-state index in [1.165, 1.54) is 6.92 Å². The highest BCUT2D eigenvalue weighted by Gasteiger charge is 2.29. The average molecular weight is 235 g/mol. The smallest absolute Gasteiger partial charge is 0.238 e. The highest BCUT2D eigenvalue weighted by Crippen LogP contribution is 2.09. The molecule has 0 spiro atoms. The molecule has 0 rings (SSSR count). The minimum absolute atomic E-state index is 0.00581. The molecular formula is C10H21NO3S. The van der Waals surface area contributed by atoms with Gasteiger partial charge in [-0.2, -0.15) is 0 Å². The van der Waals surface area contributed by atoms with Gasteiger partial charge in [0.15, 0.2) is 9.84 Å². The van der Waals surface area contributed by atoms with Crippen molar-refractivity contribution in [1.82, 2.24) is 5.32 Å². The molecule has 0 bridgehead atoms. The standard InChI is InChI=1S/C10H21NO3S/c1-6-10(4,5)11-9(12)8(3)15(13,14)7-2/h8H,6-7H2,1-5H3,(H,11,12). The minimum atomic E-state index is -3.29. The summed E-state index contributed by atoms with van der Waals surface area (Å²) in [5.74, 6) is -0.419. The molecule has 0 radical (unpaired) electrons. The lowest BCUT2D eigenvalue weighted by molar-refractivity contribution is -0.122. The first-order valence-electron chi connectivity index (χ1n) is 5.20. The lowest BCUT2D eigenvalue weighted by Crippen LogP contribution is -2.48. The van der Waals surface area contributed by atoms with Crippen LogP contribution in [0, 0.1) is 0 Å². The predicted molar refractivity (Wildman–Crippen MR) is 61.4 cm³/mol. The molecule has 0 heterocycles. The zero-order chi connectivity index (χ0) is 12.3. The van der Waals surface area contributed by atoms with Gasteiger partial charge in [0, 0.05) is 11.3 Å². The van der Waals surface area contributed by atoms with Crippen LogP contribution in [0.25, 0.3) is 0 Å². The number of carbonyl (C=O) groups excluding carboxylic acids is 1. The third-order valence-electron chi connectivity index (χ3n) is 2.66. The molecule has 0 saturated heterocycles. The van der Waals surface area contributed by atoms with Crippen LogP contribution in [0.2, 0.25) is 0 Å². The van der Waals surface area contributed by atoms with Crippen LogP contribution in [-0.4, -0.2) is 30.9 Å². The number of carbonyl (C=O) groups is 1. The second-order valence-corrected chi connectivity index (χ2v) is 6.93. The summed E-state index contributed by atoms with van der Waals surface area (Å²) in [6.07, 6.45) is 0.762. The molecule has 0 aromatic carbocycles.